The highest BCUT2D eigenvalue weighted by molar-refractivity contribution is 7.80. The number of ether oxygens (including phenoxy) is 1. The second kappa shape index (κ2) is 3.64. The van der Waals surface area contributed by atoms with Gasteiger partial charge in [0, 0.05) is 4.90 Å². The molecule has 1 rings (SSSR count). The van der Waals surface area contributed by atoms with Gasteiger partial charge in [-0.15, -0.1) is 12.6 Å². The van der Waals surface area contributed by atoms with Crippen LogP contribution in [-0.4, -0.2) is 12.2 Å². The molecule has 0 aliphatic rings. The van der Waals surface area contributed by atoms with Crippen LogP contribution in [0.25, 0.3) is 0 Å². The van der Waals surface area contributed by atoms with Crippen molar-refractivity contribution in [1.82, 2.24) is 0 Å². The van der Waals surface area contributed by atoms with Crippen LogP contribution in [0.3, 0.4) is 0 Å². The van der Waals surface area contributed by atoms with Gasteiger partial charge in [0.05, 0.1) is 13.7 Å². The van der Waals surface area contributed by atoms with Crippen LogP contribution in [0.4, 0.5) is 0 Å². The normalized spacial score (nSPS) is 9.73. The number of aliphatic hydroxyl groups excluding tert-OH is 1. The summed E-state index contributed by atoms with van der Waals surface area (Å²) in [5.41, 5.74) is 0.814. The molecule has 0 bridgehead atoms. The first-order chi connectivity index (χ1) is 5.27. The topological polar surface area (TPSA) is 29.5 Å². The van der Waals surface area contributed by atoms with Crippen LogP contribution in [0.5, 0.6) is 5.75 Å². The van der Waals surface area contributed by atoms with Gasteiger partial charge >= 0.3 is 0 Å². The molecule has 0 saturated heterocycles. The molecule has 1 aromatic rings. The zero-order valence-electron chi connectivity index (χ0n) is 6.24. The Morgan fingerprint density at radius 3 is 2.73 bits per heavy atom. The van der Waals surface area contributed by atoms with E-state index in [1.807, 2.05) is 0 Å². The summed E-state index contributed by atoms with van der Waals surface area (Å²) in [5, 5.41) is 8.79. The van der Waals surface area contributed by atoms with Gasteiger partial charge in [-0.05, 0) is 17.7 Å². The van der Waals surface area contributed by atoms with E-state index in [9.17, 15) is 0 Å². The summed E-state index contributed by atoms with van der Waals surface area (Å²) in [6.45, 7) is 0.0167. The molecule has 11 heavy (non-hydrogen) atoms. The molecule has 0 aliphatic carbocycles. The van der Waals surface area contributed by atoms with Crippen LogP contribution in [0, 0.1) is 0 Å². The average molecular weight is 170 g/mol. The Morgan fingerprint density at radius 2 is 2.27 bits per heavy atom. The quantitative estimate of drug-likeness (QED) is 0.658. The van der Waals surface area contributed by atoms with Gasteiger partial charge in [0.25, 0.3) is 0 Å². The number of hydrogen-bond donors (Lipinski definition) is 2. The lowest BCUT2D eigenvalue weighted by Crippen LogP contribution is -1.87. The van der Waals surface area contributed by atoms with Gasteiger partial charge in [-0.3, -0.25) is 0 Å². The second-order valence-electron chi connectivity index (χ2n) is 2.15. The Kier molecular flexibility index (Phi) is 2.79. The zero-order chi connectivity index (χ0) is 8.27. The molecular formula is C8H10O2S. The zero-order valence-corrected chi connectivity index (χ0v) is 7.14. The first-order valence-corrected chi connectivity index (χ1v) is 3.69. The summed E-state index contributed by atoms with van der Waals surface area (Å²) in [6.07, 6.45) is 0. The predicted octanol–water partition coefficient (Wildman–Crippen LogP) is 1.48. The number of thiol groups is 1. The third kappa shape index (κ3) is 1.88. The maximum atomic E-state index is 8.79. The van der Waals surface area contributed by atoms with Crippen molar-refractivity contribution in [3.05, 3.63) is 23.8 Å². The van der Waals surface area contributed by atoms with Gasteiger partial charge in [-0.1, -0.05) is 6.07 Å². The molecule has 2 nitrogen and oxygen atoms in total. The van der Waals surface area contributed by atoms with Crippen LogP contribution in [0.2, 0.25) is 0 Å². The summed E-state index contributed by atoms with van der Waals surface area (Å²) in [5.74, 6) is 0.757. The van der Waals surface area contributed by atoms with Crippen molar-refractivity contribution in [2.75, 3.05) is 7.11 Å². The van der Waals surface area contributed by atoms with Crippen LogP contribution in [-0.2, 0) is 6.61 Å². The van der Waals surface area contributed by atoms with Crippen molar-refractivity contribution in [3.8, 4) is 5.75 Å². The summed E-state index contributed by atoms with van der Waals surface area (Å²) < 4.78 is 4.96. The molecule has 0 saturated carbocycles. The minimum atomic E-state index is 0.0167. The van der Waals surface area contributed by atoms with Gasteiger partial charge in [0.2, 0.25) is 0 Å². The highest BCUT2D eigenvalue weighted by Gasteiger charge is 1.98. The molecule has 1 N–H and O–H groups in total. The van der Waals surface area contributed by atoms with Gasteiger partial charge in [-0.2, -0.15) is 0 Å². The molecule has 60 valence electrons. The monoisotopic (exact) mass is 170 g/mol. The highest BCUT2D eigenvalue weighted by atomic mass is 32.1. The van der Waals surface area contributed by atoms with E-state index in [1.165, 1.54) is 0 Å². The molecule has 0 radical (unpaired) electrons. The summed E-state index contributed by atoms with van der Waals surface area (Å²) in [6, 6.07) is 5.36. The van der Waals surface area contributed by atoms with Crippen LogP contribution in [0.1, 0.15) is 5.56 Å². The van der Waals surface area contributed by atoms with Gasteiger partial charge in [-0.25, -0.2) is 0 Å². The van der Waals surface area contributed by atoms with E-state index in [2.05, 4.69) is 12.6 Å². The third-order valence-electron chi connectivity index (χ3n) is 1.46. The fraction of sp³-hybridized carbons (Fsp3) is 0.250. The van der Waals surface area contributed by atoms with Crippen molar-refractivity contribution in [3.63, 3.8) is 0 Å². The van der Waals surface area contributed by atoms with E-state index in [-0.39, 0.29) is 6.61 Å². The highest BCUT2D eigenvalue weighted by Crippen LogP contribution is 2.20. The summed E-state index contributed by atoms with van der Waals surface area (Å²) in [4.78, 5) is 0.756. The van der Waals surface area contributed by atoms with E-state index >= 15 is 0 Å². The van der Waals surface area contributed by atoms with Crippen molar-refractivity contribution < 1.29 is 9.84 Å². The maximum Gasteiger partial charge on any atom is 0.119 e. The van der Waals surface area contributed by atoms with Gasteiger partial charge in [0.15, 0.2) is 0 Å². The van der Waals surface area contributed by atoms with E-state index in [0.717, 1.165) is 16.2 Å². The van der Waals surface area contributed by atoms with Crippen molar-refractivity contribution >= 4 is 12.6 Å². The van der Waals surface area contributed by atoms with E-state index in [4.69, 9.17) is 9.84 Å². The number of aliphatic hydroxyl groups is 1. The molecule has 0 fully saturated rings. The molecule has 1 aromatic carbocycles. The fourth-order valence-corrected chi connectivity index (χ4v) is 1.08. The third-order valence-corrected chi connectivity index (χ3v) is 1.88. The smallest absolute Gasteiger partial charge is 0.119 e. The lowest BCUT2D eigenvalue weighted by molar-refractivity contribution is 0.278. The van der Waals surface area contributed by atoms with Gasteiger partial charge < -0.3 is 9.84 Å². The van der Waals surface area contributed by atoms with Crippen molar-refractivity contribution in [2.45, 2.75) is 11.5 Å². The average Bonchev–Trinajstić information content (AvgIpc) is 2.04. The largest absolute Gasteiger partial charge is 0.497 e. The Morgan fingerprint density at radius 1 is 1.55 bits per heavy atom. The number of benzene rings is 1. The van der Waals surface area contributed by atoms with Crippen LogP contribution < -0.4 is 4.74 Å². The van der Waals surface area contributed by atoms with Crippen molar-refractivity contribution in [2.24, 2.45) is 0 Å². The molecule has 0 atom stereocenters. The van der Waals surface area contributed by atoms with Gasteiger partial charge in [0.1, 0.15) is 5.75 Å². The van der Waals surface area contributed by atoms with E-state index in [1.54, 1.807) is 25.3 Å². The predicted molar refractivity (Wildman–Crippen MR) is 46.2 cm³/mol. The lowest BCUT2D eigenvalue weighted by atomic mass is 10.2. The standard InChI is InChI=1S/C8H10O2S/c1-10-7-3-2-6(5-9)8(11)4-7/h2-4,9,11H,5H2,1H3. The molecule has 0 spiro atoms. The molecule has 0 aliphatic heterocycles. The fourth-order valence-electron chi connectivity index (χ4n) is 0.804. The molecule has 3 heteroatoms. The Balaban J connectivity index is 2.99. The maximum absolute atomic E-state index is 8.79. The first-order valence-electron chi connectivity index (χ1n) is 3.24. The van der Waals surface area contributed by atoms with Crippen molar-refractivity contribution in [1.29, 1.82) is 0 Å². The van der Waals surface area contributed by atoms with Crippen LogP contribution in [0.15, 0.2) is 23.1 Å². The number of rotatable bonds is 2. The van der Waals surface area contributed by atoms with E-state index < -0.39 is 0 Å². The van der Waals surface area contributed by atoms with Crippen LogP contribution >= 0.6 is 12.6 Å². The minimum absolute atomic E-state index is 0.0167. The summed E-state index contributed by atoms with van der Waals surface area (Å²) in [7, 11) is 1.60. The molecule has 0 amide bonds. The molecule has 0 heterocycles. The SMILES string of the molecule is COc1ccc(CO)c(S)c1. The first kappa shape index (κ1) is 8.43. The second-order valence-corrected chi connectivity index (χ2v) is 2.63. The molecular weight excluding hydrogens is 160 g/mol. The minimum Gasteiger partial charge on any atom is -0.497 e. The summed E-state index contributed by atoms with van der Waals surface area (Å²) >= 11 is 4.16. The Labute approximate surface area is 71.2 Å². The Bertz CT molecular complexity index is 248. The van der Waals surface area contributed by atoms with E-state index in [0.29, 0.717) is 0 Å². The number of hydrogen-bond acceptors (Lipinski definition) is 3. The lowest BCUT2D eigenvalue weighted by Gasteiger charge is -2.03. The molecule has 0 unspecified atom stereocenters. The number of methoxy groups -OCH3 is 1. The Hall–Kier alpha value is -0.670. The molecule has 0 aromatic heterocycles.